The molecular formula is C11H7Cl3N2S. The molecular weight excluding hydrogens is 299 g/mol. The molecule has 1 aromatic carbocycles. The maximum absolute atomic E-state index is 6.07. The highest BCUT2D eigenvalue weighted by Gasteiger charge is 2.06. The number of rotatable bonds is 2. The quantitative estimate of drug-likeness (QED) is 0.738. The maximum atomic E-state index is 6.07. The first-order valence-electron chi connectivity index (χ1n) is 4.69. The Morgan fingerprint density at radius 1 is 1.06 bits per heavy atom. The fourth-order valence-corrected chi connectivity index (χ4v) is 2.91. The van der Waals surface area contributed by atoms with Crippen molar-refractivity contribution in [2.45, 2.75) is 16.8 Å². The highest BCUT2D eigenvalue weighted by molar-refractivity contribution is 7.99. The fraction of sp³-hybridized carbons (Fsp3) is 0.0909. The second-order valence-electron chi connectivity index (χ2n) is 3.25. The van der Waals surface area contributed by atoms with Crippen molar-refractivity contribution in [3.8, 4) is 0 Å². The van der Waals surface area contributed by atoms with Gasteiger partial charge in [0.1, 0.15) is 16.0 Å². The van der Waals surface area contributed by atoms with Gasteiger partial charge in [-0.3, -0.25) is 0 Å². The van der Waals surface area contributed by atoms with E-state index in [9.17, 15) is 0 Å². The molecule has 0 aliphatic rings. The molecule has 0 spiro atoms. The molecule has 2 rings (SSSR count). The van der Waals surface area contributed by atoms with Crippen LogP contribution in [0.2, 0.25) is 15.2 Å². The monoisotopic (exact) mass is 304 g/mol. The van der Waals surface area contributed by atoms with Crippen molar-refractivity contribution in [3.63, 3.8) is 0 Å². The van der Waals surface area contributed by atoms with Gasteiger partial charge in [-0.25, -0.2) is 9.97 Å². The molecule has 0 N–H and O–H groups in total. The van der Waals surface area contributed by atoms with Crippen molar-refractivity contribution in [1.82, 2.24) is 9.97 Å². The summed E-state index contributed by atoms with van der Waals surface area (Å²) in [6.45, 7) is 1.79. The molecule has 1 heterocycles. The minimum absolute atomic E-state index is 0.415. The summed E-state index contributed by atoms with van der Waals surface area (Å²) in [5, 5.41) is 2.42. The Labute approximate surface area is 118 Å². The summed E-state index contributed by atoms with van der Waals surface area (Å²) in [5.41, 5.74) is 0. The highest BCUT2D eigenvalue weighted by Crippen LogP contribution is 2.34. The lowest BCUT2D eigenvalue weighted by atomic mass is 10.4. The Morgan fingerprint density at radius 2 is 1.82 bits per heavy atom. The zero-order chi connectivity index (χ0) is 12.4. The predicted molar refractivity (Wildman–Crippen MR) is 72.4 cm³/mol. The van der Waals surface area contributed by atoms with Gasteiger partial charge < -0.3 is 0 Å². The molecule has 0 aliphatic carbocycles. The van der Waals surface area contributed by atoms with Crippen molar-refractivity contribution >= 4 is 46.6 Å². The number of aryl methyl sites for hydroxylation is 1. The van der Waals surface area contributed by atoms with Gasteiger partial charge in [0.05, 0.1) is 5.02 Å². The van der Waals surface area contributed by atoms with Crippen molar-refractivity contribution in [1.29, 1.82) is 0 Å². The summed E-state index contributed by atoms with van der Waals surface area (Å²) in [6, 6.07) is 6.98. The first-order chi connectivity index (χ1) is 8.04. The van der Waals surface area contributed by atoms with Gasteiger partial charge in [0.25, 0.3) is 0 Å². The zero-order valence-electron chi connectivity index (χ0n) is 8.75. The van der Waals surface area contributed by atoms with Gasteiger partial charge in [-0.1, -0.05) is 46.6 Å². The molecule has 0 saturated heterocycles. The Morgan fingerprint density at radius 3 is 2.53 bits per heavy atom. The standard InChI is InChI=1S/C11H7Cl3N2S/c1-6-15-10(14)5-11(16-6)17-9-4-7(12)2-3-8(9)13/h2-5H,1H3. The topological polar surface area (TPSA) is 25.8 Å². The Kier molecular flexibility index (Phi) is 4.15. The van der Waals surface area contributed by atoms with E-state index >= 15 is 0 Å². The van der Waals surface area contributed by atoms with E-state index in [4.69, 9.17) is 34.8 Å². The number of benzene rings is 1. The van der Waals surface area contributed by atoms with Crippen molar-refractivity contribution in [2.24, 2.45) is 0 Å². The summed E-state index contributed by atoms with van der Waals surface area (Å²) < 4.78 is 0. The maximum Gasteiger partial charge on any atom is 0.133 e. The van der Waals surface area contributed by atoms with Gasteiger partial charge in [0.2, 0.25) is 0 Å². The van der Waals surface area contributed by atoms with Gasteiger partial charge in [-0.05, 0) is 25.1 Å². The van der Waals surface area contributed by atoms with Crippen LogP contribution in [0.15, 0.2) is 34.2 Å². The molecule has 6 heteroatoms. The van der Waals surface area contributed by atoms with E-state index < -0.39 is 0 Å². The summed E-state index contributed by atoms with van der Waals surface area (Å²) in [7, 11) is 0. The number of hydrogen-bond donors (Lipinski definition) is 0. The third-order valence-electron chi connectivity index (χ3n) is 1.89. The van der Waals surface area contributed by atoms with Crippen molar-refractivity contribution in [2.75, 3.05) is 0 Å². The van der Waals surface area contributed by atoms with Crippen LogP contribution in [0, 0.1) is 6.92 Å². The predicted octanol–water partition coefficient (Wildman–Crippen LogP) is 4.90. The molecule has 0 amide bonds. The molecule has 2 nitrogen and oxygen atoms in total. The van der Waals surface area contributed by atoms with Crippen LogP contribution in [0.25, 0.3) is 0 Å². The Bertz CT molecular complexity index is 540. The van der Waals surface area contributed by atoms with E-state index in [-0.39, 0.29) is 0 Å². The number of aromatic nitrogens is 2. The average molecular weight is 306 g/mol. The Hall–Kier alpha value is -0.480. The van der Waals surface area contributed by atoms with Crippen molar-refractivity contribution in [3.05, 3.63) is 45.3 Å². The minimum Gasteiger partial charge on any atom is -0.226 e. The lowest BCUT2D eigenvalue weighted by Gasteiger charge is -2.05. The van der Waals surface area contributed by atoms with Crippen LogP contribution >= 0.6 is 46.6 Å². The van der Waals surface area contributed by atoms with Crippen LogP contribution in [0.1, 0.15) is 5.82 Å². The summed E-state index contributed by atoms with van der Waals surface area (Å²) in [4.78, 5) is 9.10. The largest absolute Gasteiger partial charge is 0.226 e. The highest BCUT2D eigenvalue weighted by atomic mass is 35.5. The van der Waals surface area contributed by atoms with E-state index in [0.717, 1.165) is 9.92 Å². The SMILES string of the molecule is Cc1nc(Cl)cc(Sc2cc(Cl)ccc2Cl)n1. The van der Waals surface area contributed by atoms with E-state index in [1.54, 1.807) is 31.2 Å². The van der Waals surface area contributed by atoms with Crippen LogP contribution in [-0.4, -0.2) is 9.97 Å². The summed E-state index contributed by atoms with van der Waals surface area (Å²) in [5.74, 6) is 0.623. The van der Waals surface area contributed by atoms with Crippen LogP contribution in [0.5, 0.6) is 0 Å². The van der Waals surface area contributed by atoms with Crippen LogP contribution in [0.3, 0.4) is 0 Å². The van der Waals surface area contributed by atoms with Crippen LogP contribution in [0.4, 0.5) is 0 Å². The van der Waals surface area contributed by atoms with Gasteiger partial charge in [0, 0.05) is 16.0 Å². The average Bonchev–Trinajstić information content (AvgIpc) is 2.22. The Balaban J connectivity index is 2.34. The molecule has 0 atom stereocenters. The minimum atomic E-state index is 0.415. The van der Waals surface area contributed by atoms with Gasteiger partial charge in [-0.2, -0.15) is 0 Å². The molecule has 0 bridgehead atoms. The van der Waals surface area contributed by atoms with Gasteiger partial charge in [0.15, 0.2) is 0 Å². The van der Waals surface area contributed by atoms with Crippen molar-refractivity contribution < 1.29 is 0 Å². The van der Waals surface area contributed by atoms with Gasteiger partial charge >= 0.3 is 0 Å². The molecule has 0 unspecified atom stereocenters. The third-order valence-corrected chi connectivity index (χ3v) is 3.74. The van der Waals surface area contributed by atoms with E-state index in [1.807, 2.05) is 0 Å². The number of hydrogen-bond acceptors (Lipinski definition) is 3. The molecule has 0 saturated carbocycles. The number of halogens is 3. The van der Waals surface area contributed by atoms with E-state index in [1.165, 1.54) is 11.8 Å². The molecule has 17 heavy (non-hydrogen) atoms. The lowest BCUT2D eigenvalue weighted by molar-refractivity contribution is 0.968. The molecule has 0 fully saturated rings. The fourth-order valence-electron chi connectivity index (χ4n) is 1.23. The molecule has 1 aromatic heterocycles. The first kappa shape index (κ1) is 13.0. The first-order valence-corrected chi connectivity index (χ1v) is 6.64. The van der Waals surface area contributed by atoms with E-state index in [2.05, 4.69) is 9.97 Å². The van der Waals surface area contributed by atoms with E-state index in [0.29, 0.717) is 21.0 Å². The smallest absolute Gasteiger partial charge is 0.133 e. The number of nitrogens with zero attached hydrogens (tertiary/aromatic N) is 2. The summed E-state index contributed by atoms with van der Waals surface area (Å²) in [6.07, 6.45) is 0. The molecule has 88 valence electrons. The third kappa shape index (κ3) is 3.49. The summed E-state index contributed by atoms with van der Waals surface area (Å²) >= 11 is 19.3. The lowest BCUT2D eigenvalue weighted by Crippen LogP contribution is -1.90. The second-order valence-corrected chi connectivity index (χ2v) is 5.55. The zero-order valence-corrected chi connectivity index (χ0v) is 11.8. The van der Waals surface area contributed by atoms with Crippen LogP contribution < -0.4 is 0 Å². The van der Waals surface area contributed by atoms with Crippen LogP contribution in [-0.2, 0) is 0 Å². The normalized spacial score (nSPS) is 10.6. The molecule has 2 aromatic rings. The second kappa shape index (κ2) is 5.44. The molecule has 0 aliphatic heterocycles. The van der Waals surface area contributed by atoms with Gasteiger partial charge in [-0.15, -0.1) is 0 Å². The molecule has 0 radical (unpaired) electrons.